The van der Waals surface area contributed by atoms with E-state index in [2.05, 4.69) is 22.5 Å². The molecule has 4 heteroatoms. The van der Waals surface area contributed by atoms with Gasteiger partial charge in [0.05, 0.1) is 6.54 Å². The molecule has 0 aromatic rings. The minimum atomic E-state index is 0.380. The van der Waals surface area contributed by atoms with Gasteiger partial charge in [0.15, 0.2) is 5.96 Å². The van der Waals surface area contributed by atoms with Crippen molar-refractivity contribution in [1.29, 1.82) is 0 Å². The molecule has 4 nitrogen and oxygen atoms in total. The number of nitrogens with zero attached hydrogens (tertiary/aromatic N) is 1. The zero-order valence-corrected chi connectivity index (χ0v) is 8.81. The van der Waals surface area contributed by atoms with Crippen LogP contribution in [0.4, 0.5) is 0 Å². The van der Waals surface area contributed by atoms with Gasteiger partial charge in [0, 0.05) is 26.3 Å². The Bertz CT molecular complexity index is 221. The molecule has 0 aromatic heterocycles. The Morgan fingerprint density at radius 2 is 2.29 bits per heavy atom. The molecule has 0 amide bonds. The maximum absolute atomic E-state index is 5.36. The molecule has 14 heavy (non-hydrogen) atoms. The number of rotatable bonds is 2. The minimum Gasteiger partial charge on any atom is -0.381 e. The van der Waals surface area contributed by atoms with E-state index >= 15 is 0 Å². The molecule has 0 radical (unpaired) electrons. The fourth-order valence-electron chi connectivity index (χ4n) is 1.85. The molecule has 2 aliphatic rings. The molecule has 1 saturated heterocycles. The third-order valence-corrected chi connectivity index (χ3v) is 3.06. The summed E-state index contributed by atoms with van der Waals surface area (Å²) in [6.45, 7) is 7.00. The fourth-order valence-corrected chi connectivity index (χ4v) is 1.85. The standard InChI is InChI=1S/C10H19N3O/c1-10(2-6-14-7-3-10)8-13-9-11-4-5-12-9/h2-8H2,1H3,(H2,11,12,13). The smallest absolute Gasteiger partial charge is 0.191 e. The lowest BCUT2D eigenvalue weighted by molar-refractivity contribution is 0.0260. The van der Waals surface area contributed by atoms with Crippen LogP contribution < -0.4 is 10.6 Å². The molecule has 80 valence electrons. The summed E-state index contributed by atoms with van der Waals surface area (Å²) in [5, 5.41) is 6.60. The van der Waals surface area contributed by atoms with E-state index in [0.29, 0.717) is 5.41 Å². The zero-order chi connectivity index (χ0) is 9.86. The Labute approximate surface area is 85.1 Å². The van der Waals surface area contributed by atoms with Crippen molar-refractivity contribution in [3.63, 3.8) is 0 Å². The lowest BCUT2D eigenvalue weighted by Gasteiger charge is -2.33. The molecule has 0 bridgehead atoms. The van der Waals surface area contributed by atoms with Gasteiger partial charge in [-0.25, -0.2) is 0 Å². The van der Waals surface area contributed by atoms with Crippen LogP contribution in [0.2, 0.25) is 0 Å². The van der Waals surface area contributed by atoms with Crippen LogP contribution in [0.25, 0.3) is 0 Å². The maximum Gasteiger partial charge on any atom is 0.191 e. The molecule has 0 aliphatic carbocycles. The van der Waals surface area contributed by atoms with Crippen molar-refractivity contribution in [3.05, 3.63) is 0 Å². The second-order valence-electron chi connectivity index (χ2n) is 4.43. The molecular formula is C10H19N3O. The van der Waals surface area contributed by atoms with E-state index < -0.39 is 0 Å². The summed E-state index contributed by atoms with van der Waals surface area (Å²) in [4.78, 5) is 4.31. The van der Waals surface area contributed by atoms with Crippen molar-refractivity contribution in [2.45, 2.75) is 19.8 Å². The van der Waals surface area contributed by atoms with Crippen molar-refractivity contribution in [2.75, 3.05) is 32.8 Å². The van der Waals surface area contributed by atoms with Crippen molar-refractivity contribution in [1.82, 2.24) is 10.6 Å². The van der Waals surface area contributed by atoms with Gasteiger partial charge in [0.25, 0.3) is 0 Å². The lowest BCUT2D eigenvalue weighted by atomic mass is 9.82. The molecule has 0 saturated carbocycles. The Hall–Kier alpha value is -0.770. The van der Waals surface area contributed by atoms with E-state index in [1.54, 1.807) is 0 Å². The molecule has 2 heterocycles. The third-order valence-electron chi connectivity index (χ3n) is 3.06. The van der Waals surface area contributed by atoms with Gasteiger partial charge < -0.3 is 15.4 Å². The number of aliphatic imine (C=N–C) groups is 1. The Morgan fingerprint density at radius 3 is 2.93 bits per heavy atom. The second-order valence-corrected chi connectivity index (χ2v) is 4.43. The highest BCUT2D eigenvalue weighted by Gasteiger charge is 2.27. The van der Waals surface area contributed by atoms with E-state index in [0.717, 1.165) is 51.6 Å². The van der Waals surface area contributed by atoms with Crippen LogP contribution in [0.15, 0.2) is 4.99 Å². The minimum absolute atomic E-state index is 0.380. The summed E-state index contributed by atoms with van der Waals surface area (Å²) in [7, 11) is 0. The first-order chi connectivity index (χ1) is 6.79. The van der Waals surface area contributed by atoms with Crippen molar-refractivity contribution in [2.24, 2.45) is 10.4 Å². The summed E-state index contributed by atoms with van der Waals surface area (Å²) < 4.78 is 5.36. The van der Waals surface area contributed by atoms with Crippen molar-refractivity contribution in [3.8, 4) is 0 Å². The lowest BCUT2D eigenvalue weighted by Crippen LogP contribution is -2.42. The van der Waals surface area contributed by atoms with Gasteiger partial charge in [0.1, 0.15) is 0 Å². The number of guanidine groups is 1. The molecule has 0 aromatic carbocycles. The van der Waals surface area contributed by atoms with Gasteiger partial charge in [-0.05, 0) is 18.3 Å². The number of nitrogens with one attached hydrogen (secondary N) is 2. The SMILES string of the molecule is CC1(CNC2=NCCN2)CCOCC1. The topological polar surface area (TPSA) is 45.7 Å². The first-order valence-electron chi connectivity index (χ1n) is 5.38. The average Bonchev–Trinajstić information content (AvgIpc) is 2.69. The van der Waals surface area contributed by atoms with Crippen LogP contribution in [0.5, 0.6) is 0 Å². The van der Waals surface area contributed by atoms with Gasteiger partial charge in [-0.3, -0.25) is 4.99 Å². The predicted octanol–water partition coefficient (Wildman–Crippen LogP) is 0.352. The van der Waals surface area contributed by atoms with Gasteiger partial charge >= 0.3 is 0 Å². The second kappa shape index (κ2) is 4.17. The summed E-state index contributed by atoms with van der Waals surface area (Å²) in [6.07, 6.45) is 2.29. The van der Waals surface area contributed by atoms with Gasteiger partial charge in [-0.2, -0.15) is 0 Å². The molecule has 0 atom stereocenters. The molecule has 2 rings (SSSR count). The van der Waals surface area contributed by atoms with Crippen LogP contribution in [-0.4, -0.2) is 38.8 Å². The van der Waals surface area contributed by atoms with Crippen molar-refractivity contribution < 1.29 is 4.74 Å². The zero-order valence-electron chi connectivity index (χ0n) is 8.81. The largest absolute Gasteiger partial charge is 0.381 e. The normalized spacial score (nSPS) is 25.4. The summed E-state index contributed by atoms with van der Waals surface area (Å²) >= 11 is 0. The molecule has 0 spiro atoms. The summed E-state index contributed by atoms with van der Waals surface area (Å²) in [6, 6.07) is 0. The predicted molar refractivity (Wildman–Crippen MR) is 56.5 cm³/mol. The monoisotopic (exact) mass is 197 g/mol. The van der Waals surface area contributed by atoms with Crippen LogP contribution >= 0.6 is 0 Å². The first-order valence-corrected chi connectivity index (χ1v) is 5.38. The maximum atomic E-state index is 5.36. The Kier molecular flexibility index (Phi) is 2.91. The van der Waals surface area contributed by atoms with Crippen LogP contribution in [0.1, 0.15) is 19.8 Å². The van der Waals surface area contributed by atoms with Gasteiger partial charge in [-0.1, -0.05) is 6.92 Å². The van der Waals surface area contributed by atoms with Crippen LogP contribution in [0.3, 0.4) is 0 Å². The highest BCUT2D eigenvalue weighted by molar-refractivity contribution is 5.81. The quantitative estimate of drug-likeness (QED) is 0.671. The van der Waals surface area contributed by atoms with Crippen molar-refractivity contribution >= 4 is 5.96 Å². The number of ether oxygens (including phenoxy) is 1. The Morgan fingerprint density at radius 1 is 1.50 bits per heavy atom. The fraction of sp³-hybridized carbons (Fsp3) is 0.900. The van der Waals surface area contributed by atoms with E-state index in [1.165, 1.54) is 0 Å². The molecular weight excluding hydrogens is 178 g/mol. The van der Waals surface area contributed by atoms with E-state index in [4.69, 9.17) is 4.74 Å². The summed E-state index contributed by atoms with van der Waals surface area (Å²) in [5.74, 6) is 0.970. The van der Waals surface area contributed by atoms with E-state index in [-0.39, 0.29) is 0 Å². The third kappa shape index (κ3) is 2.38. The van der Waals surface area contributed by atoms with E-state index in [9.17, 15) is 0 Å². The molecule has 2 N–H and O–H groups in total. The molecule has 1 fully saturated rings. The first kappa shape index (κ1) is 9.77. The van der Waals surface area contributed by atoms with Crippen LogP contribution in [-0.2, 0) is 4.74 Å². The molecule has 0 unspecified atom stereocenters. The average molecular weight is 197 g/mol. The number of hydrogen-bond acceptors (Lipinski definition) is 4. The van der Waals surface area contributed by atoms with Gasteiger partial charge in [0.2, 0.25) is 0 Å². The summed E-state index contributed by atoms with van der Waals surface area (Å²) in [5.41, 5.74) is 0.380. The van der Waals surface area contributed by atoms with Crippen LogP contribution in [0, 0.1) is 5.41 Å². The van der Waals surface area contributed by atoms with Gasteiger partial charge in [-0.15, -0.1) is 0 Å². The highest BCUT2D eigenvalue weighted by Crippen LogP contribution is 2.28. The van der Waals surface area contributed by atoms with E-state index in [1.807, 2.05) is 0 Å². The molecule has 2 aliphatic heterocycles. The highest BCUT2D eigenvalue weighted by atomic mass is 16.5. The Balaban J connectivity index is 1.77. The number of hydrogen-bond donors (Lipinski definition) is 2.